The average molecular weight is 217 g/mol. The van der Waals surface area contributed by atoms with Gasteiger partial charge >= 0.3 is 0 Å². The first-order chi connectivity index (χ1) is 7.20. The number of nitrogens with one attached hydrogen (secondary N) is 1. The van der Waals surface area contributed by atoms with Crippen LogP contribution in [-0.2, 0) is 0 Å². The Hall–Kier alpha value is -1.68. The molecule has 15 heavy (non-hydrogen) atoms. The molecule has 1 aromatic carbocycles. The van der Waals surface area contributed by atoms with Crippen LogP contribution in [0.2, 0.25) is 0 Å². The smallest absolute Gasteiger partial charge is 0.200 e. The number of rotatable bonds is 2. The molecule has 4 heteroatoms. The van der Waals surface area contributed by atoms with Crippen molar-refractivity contribution in [2.24, 2.45) is 0 Å². The summed E-state index contributed by atoms with van der Waals surface area (Å²) in [5, 5.41) is 6.91. The summed E-state index contributed by atoms with van der Waals surface area (Å²) in [5.74, 6) is 0.770. The van der Waals surface area contributed by atoms with E-state index >= 15 is 0 Å². The van der Waals surface area contributed by atoms with E-state index < -0.39 is 0 Å². The second-order valence-corrected chi connectivity index (χ2v) is 3.69. The highest BCUT2D eigenvalue weighted by Crippen LogP contribution is 2.15. The summed E-state index contributed by atoms with van der Waals surface area (Å²) in [6.07, 6.45) is 0. The second-order valence-electron chi connectivity index (χ2n) is 3.30. The van der Waals surface area contributed by atoms with E-state index in [1.54, 1.807) is 0 Å². The Balaban J connectivity index is 2.67. The van der Waals surface area contributed by atoms with Gasteiger partial charge in [0.05, 0.1) is 0 Å². The van der Waals surface area contributed by atoms with Crippen molar-refractivity contribution >= 4 is 17.8 Å². The van der Waals surface area contributed by atoms with Crippen LogP contribution in [0, 0.1) is 4.77 Å². The van der Waals surface area contributed by atoms with Crippen LogP contribution in [0.4, 0.5) is 0 Å². The summed E-state index contributed by atoms with van der Waals surface area (Å²) < 4.78 is 2.46. The summed E-state index contributed by atoms with van der Waals surface area (Å²) in [7, 11) is 0. The minimum atomic E-state index is 0.583. The van der Waals surface area contributed by atoms with Gasteiger partial charge in [-0.25, -0.2) is 0 Å². The molecule has 0 saturated carbocycles. The lowest BCUT2D eigenvalue weighted by molar-refractivity contribution is 1.01. The molecule has 0 saturated heterocycles. The largest absolute Gasteiger partial charge is 0.268 e. The Labute approximate surface area is 93.1 Å². The Bertz CT molecular complexity index is 536. The normalized spacial score (nSPS) is 10.2. The average Bonchev–Trinajstić information content (AvgIpc) is 2.61. The van der Waals surface area contributed by atoms with E-state index in [4.69, 9.17) is 12.2 Å². The molecule has 1 heterocycles. The quantitative estimate of drug-likeness (QED) is 0.785. The van der Waals surface area contributed by atoms with Crippen LogP contribution in [-0.4, -0.2) is 14.8 Å². The van der Waals surface area contributed by atoms with Gasteiger partial charge in [-0.15, -0.1) is 0 Å². The van der Waals surface area contributed by atoms with Crippen LogP contribution in [0.3, 0.4) is 0 Å². The van der Waals surface area contributed by atoms with E-state index in [9.17, 15) is 0 Å². The van der Waals surface area contributed by atoms with Crippen LogP contribution in [0.15, 0.2) is 36.9 Å². The van der Waals surface area contributed by atoms with Gasteiger partial charge in [-0.1, -0.05) is 24.8 Å². The van der Waals surface area contributed by atoms with Crippen molar-refractivity contribution in [1.29, 1.82) is 0 Å². The number of benzene rings is 1. The lowest BCUT2D eigenvalue weighted by Gasteiger charge is -2.05. The molecular weight excluding hydrogens is 206 g/mol. The molecule has 0 aliphatic carbocycles. The van der Waals surface area contributed by atoms with Gasteiger partial charge in [0, 0.05) is 5.69 Å². The SMILES string of the molecule is C=C(C)c1n[nH]c(=S)n1-c1ccccc1. The van der Waals surface area contributed by atoms with Crippen LogP contribution < -0.4 is 0 Å². The summed E-state index contributed by atoms with van der Waals surface area (Å²) in [6.45, 7) is 5.78. The molecule has 2 rings (SSSR count). The molecular formula is C11H11N3S. The van der Waals surface area contributed by atoms with Gasteiger partial charge in [-0.3, -0.25) is 9.67 Å². The number of hydrogen-bond donors (Lipinski definition) is 1. The Morgan fingerprint density at radius 2 is 2.07 bits per heavy atom. The fourth-order valence-electron chi connectivity index (χ4n) is 1.40. The van der Waals surface area contributed by atoms with Crippen molar-refractivity contribution in [3.63, 3.8) is 0 Å². The molecule has 2 aromatic rings. The number of nitrogens with zero attached hydrogens (tertiary/aromatic N) is 2. The molecule has 0 radical (unpaired) electrons. The maximum absolute atomic E-state index is 5.18. The van der Waals surface area contributed by atoms with Crippen LogP contribution in [0.5, 0.6) is 0 Å². The highest BCUT2D eigenvalue weighted by Gasteiger charge is 2.07. The molecule has 0 aliphatic heterocycles. The first-order valence-electron chi connectivity index (χ1n) is 4.59. The zero-order valence-corrected chi connectivity index (χ0v) is 9.21. The first-order valence-corrected chi connectivity index (χ1v) is 4.99. The minimum Gasteiger partial charge on any atom is -0.268 e. The van der Waals surface area contributed by atoms with Crippen LogP contribution in [0.1, 0.15) is 12.7 Å². The molecule has 0 fully saturated rings. The molecule has 76 valence electrons. The molecule has 0 spiro atoms. The van der Waals surface area contributed by atoms with Crippen molar-refractivity contribution in [3.05, 3.63) is 47.5 Å². The molecule has 0 aliphatic rings. The van der Waals surface area contributed by atoms with E-state index in [0.29, 0.717) is 4.77 Å². The second kappa shape index (κ2) is 3.82. The first kappa shape index (κ1) is 9.86. The third-order valence-electron chi connectivity index (χ3n) is 2.07. The van der Waals surface area contributed by atoms with Crippen molar-refractivity contribution in [1.82, 2.24) is 14.8 Å². The summed E-state index contributed by atoms with van der Waals surface area (Å²) in [5.41, 5.74) is 1.88. The molecule has 1 N–H and O–H groups in total. The molecule has 0 unspecified atom stereocenters. The molecule has 0 atom stereocenters. The van der Waals surface area contributed by atoms with Gasteiger partial charge in [-0.05, 0) is 36.8 Å². The van der Waals surface area contributed by atoms with Crippen LogP contribution in [0.25, 0.3) is 11.3 Å². The maximum atomic E-state index is 5.18. The van der Waals surface area contributed by atoms with Gasteiger partial charge in [-0.2, -0.15) is 5.10 Å². The van der Waals surface area contributed by atoms with Gasteiger partial charge in [0.15, 0.2) is 10.6 Å². The summed E-state index contributed by atoms with van der Waals surface area (Å²) in [4.78, 5) is 0. The number of aromatic nitrogens is 3. The van der Waals surface area contributed by atoms with E-state index in [-0.39, 0.29) is 0 Å². The fraction of sp³-hybridized carbons (Fsp3) is 0.0909. The zero-order chi connectivity index (χ0) is 10.8. The Morgan fingerprint density at radius 3 is 2.67 bits per heavy atom. The van der Waals surface area contributed by atoms with E-state index in [1.807, 2.05) is 41.8 Å². The zero-order valence-electron chi connectivity index (χ0n) is 8.40. The van der Waals surface area contributed by atoms with Crippen molar-refractivity contribution in [2.75, 3.05) is 0 Å². The standard InChI is InChI=1S/C11H11N3S/c1-8(2)10-12-13-11(15)14(10)9-6-4-3-5-7-9/h3-7H,1H2,2H3,(H,13,15). The van der Waals surface area contributed by atoms with Crippen molar-refractivity contribution in [3.8, 4) is 5.69 Å². The number of H-pyrrole nitrogens is 1. The molecule has 0 bridgehead atoms. The maximum Gasteiger partial charge on any atom is 0.200 e. The summed E-state index contributed by atoms with van der Waals surface area (Å²) >= 11 is 5.18. The predicted octanol–water partition coefficient (Wildman–Crippen LogP) is 2.96. The minimum absolute atomic E-state index is 0.583. The van der Waals surface area contributed by atoms with Gasteiger partial charge in [0.25, 0.3) is 0 Å². The van der Waals surface area contributed by atoms with Gasteiger partial charge < -0.3 is 0 Å². The number of aromatic amines is 1. The third kappa shape index (κ3) is 1.76. The highest BCUT2D eigenvalue weighted by atomic mass is 32.1. The van der Waals surface area contributed by atoms with Gasteiger partial charge in [0.2, 0.25) is 0 Å². The summed E-state index contributed by atoms with van der Waals surface area (Å²) in [6, 6.07) is 9.86. The molecule has 3 nitrogen and oxygen atoms in total. The van der Waals surface area contributed by atoms with Gasteiger partial charge in [0.1, 0.15) is 0 Å². The number of hydrogen-bond acceptors (Lipinski definition) is 2. The third-order valence-corrected chi connectivity index (χ3v) is 2.34. The van der Waals surface area contributed by atoms with Crippen molar-refractivity contribution in [2.45, 2.75) is 6.92 Å². The lowest BCUT2D eigenvalue weighted by Crippen LogP contribution is -1.98. The van der Waals surface area contributed by atoms with E-state index in [0.717, 1.165) is 17.1 Å². The van der Waals surface area contributed by atoms with Crippen LogP contribution >= 0.6 is 12.2 Å². The van der Waals surface area contributed by atoms with Crippen molar-refractivity contribution < 1.29 is 0 Å². The number of allylic oxidation sites excluding steroid dienone is 1. The lowest BCUT2D eigenvalue weighted by atomic mass is 10.3. The fourth-order valence-corrected chi connectivity index (χ4v) is 1.64. The molecule has 1 aromatic heterocycles. The highest BCUT2D eigenvalue weighted by molar-refractivity contribution is 7.71. The molecule has 0 amide bonds. The Kier molecular flexibility index (Phi) is 2.51. The predicted molar refractivity (Wildman–Crippen MR) is 63.5 cm³/mol. The topological polar surface area (TPSA) is 33.6 Å². The monoisotopic (exact) mass is 217 g/mol. The number of para-hydroxylation sites is 1. The van der Waals surface area contributed by atoms with E-state index in [1.165, 1.54) is 0 Å². The Morgan fingerprint density at radius 1 is 1.40 bits per heavy atom. The van der Waals surface area contributed by atoms with E-state index in [2.05, 4.69) is 16.8 Å².